The average Bonchev–Trinajstić information content (AvgIpc) is 2.38. The molecule has 17 heavy (non-hydrogen) atoms. The van der Waals surface area contributed by atoms with Crippen molar-refractivity contribution in [3.63, 3.8) is 0 Å². The Balaban J connectivity index is 1.97. The van der Waals surface area contributed by atoms with E-state index in [1.165, 1.54) is 32.1 Å². The minimum atomic E-state index is 0.148. The molecular formula is C13H20ClN3. The van der Waals surface area contributed by atoms with Gasteiger partial charge in [-0.1, -0.05) is 43.7 Å². The van der Waals surface area contributed by atoms with Crippen LogP contribution in [0.3, 0.4) is 0 Å². The summed E-state index contributed by atoms with van der Waals surface area (Å²) in [5.41, 5.74) is 3.87. The number of pyridine rings is 1. The number of nitrogens with two attached hydrogens (primary N) is 1. The van der Waals surface area contributed by atoms with Crippen LogP contribution in [0.4, 0.5) is 0 Å². The maximum absolute atomic E-state index is 5.84. The molecule has 1 unspecified atom stereocenters. The highest BCUT2D eigenvalue weighted by atomic mass is 35.5. The van der Waals surface area contributed by atoms with Gasteiger partial charge in [-0.05, 0) is 24.5 Å². The van der Waals surface area contributed by atoms with Gasteiger partial charge in [0, 0.05) is 6.20 Å². The molecule has 2 rings (SSSR count). The molecule has 1 atom stereocenters. The first-order valence-electron chi connectivity index (χ1n) is 6.37. The molecule has 4 heteroatoms. The molecule has 1 saturated carbocycles. The number of hydrogen-bond donors (Lipinski definition) is 2. The van der Waals surface area contributed by atoms with Crippen LogP contribution in [0.2, 0.25) is 5.02 Å². The Hall–Kier alpha value is -0.640. The van der Waals surface area contributed by atoms with Gasteiger partial charge >= 0.3 is 0 Å². The van der Waals surface area contributed by atoms with Gasteiger partial charge in [-0.25, -0.2) is 0 Å². The third-order valence-electron chi connectivity index (χ3n) is 3.60. The van der Waals surface area contributed by atoms with Crippen molar-refractivity contribution in [2.24, 2.45) is 11.8 Å². The summed E-state index contributed by atoms with van der Waals surface area (Å²) in [6.07, 6.45) is 9.51. The molecule has 0 amide bonds. The lowest BCUT2D eigenvalue weighted by Crippen LogP contribution is -2.30. The molecule has 3 N–H and O–H groups in total. The van der Waals surface area contributed by atoms with Crippen LogP contribution >= 0.6 is 11.6 Å². The second kappa shape index (κ2) is 6.34. The van der Waals surface area contributed by atoms with Gasteiger partial charge in [0.1, 0.15) is 0 Å². The maximum Gasteiger partial charge on any atom is 0.0634 e. The molecule has 0 saturated heterocycles. The Morgan fingerprint density at radius 1 is 1.35 bits per heavy atom. The predicted octanol–water partition coefficient (Wildman–Crippen LogP) is 3.21. The van der Waals surface area contributed by atoms with Gasteiger partial charge in [0.2, 0.25) is 0 Å². The van der Waals surface area contributed by atoms with E-state index in [0.29, 0.717) is 5.02 Å². The maximum atomic E-state index is 5.84. The van der Waals surface area contributed by atoms with Crippen molar-refractivity contribution < 1.29 is 0 Å². The fourth-order valence-corrected chi connectivity index (χ4v) is 2.74. The second-order valence-corrected chi connectivity index (χ2v) is 5.30. The first-order chi connectivity index (χ1) is 8.29. The first-order valence-corrected chi connectivity index (χ1v) is 6.75. The van der Waals surface area contributed by atoms with E-state index in [-0.39, 0.29) is 6.04 Å². The Labute approximate surface area is 108 Å². The highest BCUT2D eigenvalue weighted by Crippen LogP contribution is 2.31. The lowest BCUT2D eigenvalue weighted by molar-refractivity contribution is 0.299. The van der Waals surface area contributed by atoms with Crippen LogP contribution in [-0.2, 0) is 0 Å². The quantitative estimate of drug-likeness (QED) is 0.640. The summed E-state index contributed by atoms with van der Waals surface area (Å²) in [7, 11) is 0. The number of halogens is 1. The Kier molecular flexibility index (Phi) is 4.77. The van der Waals surface area contributed by atoms with E-state index in [2.05, 4.69) is 10.4 Å². The summed E-state index contributed by atoms with van der Waals surface area (Å²) >= 11 is 5.84. The molecule has 1 aromatic rings. The molecular weight excluding hydrogens is 234 g/mol. The lowest BCUT2D eigenvalue weighted by Gasteiger charge is -2.25. The highest BCUT2D eigenvalue weighted by molar-refractivity contribution is 6.30. The van der Waals surface area contributed by atoms with Gasteiger partial charge in [-0.15, -0.1) is 0 Å². The van der Waals surface area contributed by atoms with Crippen LogP contribution in [-0.4, -0.2) is 4.98 Å². The van der Waals surface area contributed by atoms with Gasteiger partial charge in [-0.2, -0.15) is 0 Å². The van der Waals surface area contributed by atoms with E-state index in [9.17, 15) is 0 Å². The third kappa shape index (κ3) is 3.66. The number of aromatic nitrogens is 1. The minimum absolute atomic E-state index is 0.148. The Morgan fingerprint density at radius 2 is 2.12 bits per heavy atom. The molecule has 0 radical (unpaired) electrons. The zero-order chi connectivity index (χ0) is 12.1. The topological polar surface area (TPSA) is 50.9 Å². The van der Waals surface area contributed by atoms with E-state index in [1.54, 1.807) is 6.20 Å². The number of hydrazine groups is 1. The third-order valence-corrected chi connectivity index (χ3v) is 3.83. The Morgan fingerprint density at radius 3 is 2.71 bits per heavy atom. The first kappa shape index (κ1) is 12.8. The van der Waals surface area contributed by atoms with Crippen molar-refractivity contribution in [1.29, 1.82) is 0 Å². The van der Waals surface area contributed by atoms with Gasteiger partial charge in [0.25, 0.3) is 0 Å². The lowest BCUT2D eigenvalue weighted by atomic mass is 9.84. The molecule has 0 aliphatic heterocycles. The normalized spacial score (nSPS) is 19.2. The van der Waals surface area contributed by atoms with Crippen LogP contribution in [0.5, 0.6) is 0 Å². The van der Waals surface area contributed by atoms with Gasteiger partial charge < -0.3 is 0 Å². The zero-order valence-corrected chi connectivity index (χ0v) is 10.8. The van der Waals surface area contributed by atoms with E-state index < -0.39 is 0 Å². The summed E-state index contributed by atoms with van der Waals surface area (Å²) in [5, 5.41) is 0.669. The zero-order valence-electron chi connectivity index (χ0n) is 10.0. The summed E-state index contributed by atoms with van der Waals surface area (Å²) in [5.74, 6) is 6.42. The summed E-state index contributed by atoms with van der Waals surface area (Å²) < 4.78 is 0. The van der Waals surface area contributed by atoms with Crippen molar-refractivity contribution in [2.75, 3.05) is 0 Å². The molecule has 1 heterocycles. The summed E-state index contributed by atoms with van der Waals surface area (Å²) in [4.78, 5) is 4.34. The molecule has 1 fully saturated rings. The number of hydrogen-bond acceptors (Lipinski definition) is 3. The fraction of sp³-hybridized carbons (Fsp3) is 0.615. The van der Waals surface area contributed by atoms with Crippen LogP contribution in [0.25, 0.3) is 0 Å². The SMILES string of the molecule is NNC(CC1CCCCC1)c1ccc(Cl)cn1. The molecule has 1 aliphatic rings. The monoisotopic (exact) mass is 253 g/mol. The average molecular weight is 254 g/mol. The van der Waals surface area contributed by atoms with Crippen molar-refractivity contribution in [3.8, 4) is 0 Å². The van der Waals surface area contributed by atoms with Crippen molar-refractivity contribution >= 4 is 11.6 Å². The smallest absolute Gasteiger partial charge is 0.0634 e. The highest BCUT2D eigenvalue weighted by Gasteiger charge is 2.20. The molecule has 1 aromatic heterocycles. The van der Waals surface area contributed by atoms with E-state index >= 15 is 0 Å². The molecule has 1 aliphatic carbocycles. The second-order valence-electron chi connectivity index (χ2n) is 4.86. The molecule has 0 aromatic carbocycles. The van der Waals surface area contributed by atoms with Crippen molar-refractivity contribution in [2.45, 2.75) is 44.6 Å². The van der Waals surface area contributed by atoms with E-state index in [1.807, 2.05) is 12.1 Å². The van der Waals surface area contributed by atoms with Gasteiger partial charge in [0.15, 0.2) is 0 Å². The standard InChI is InChI=1S/C13H20ClN3/c14-11-6-7-12(16-9-11)13(17-15)8-10-4-2-1-3-5-10/h6-7,9-10,13,17H,1-5,8,15H2. The van der Waals surface area contributed by atoms with E-state index in [0.717, 1.165) is 18.0 Å². The van der Waals surface area contributed by atoms with Crippen molar-refractivity contribution in [3.05, 3.63) is 29.0 Å². The van der Waals surface area contributed by atoms with Crippen LogP contribution in [0, 0.1) is 5.92 Å². The number of rotatable bonds is 4. The number of nitrogens with one attached hydrogen (secondary N) is 1. The molecule has 94 valence electrons. The van der Waals surface area contributed by atoms with Crippen molar-refractivity contribution in [1.82, 2.24) is 10.4 Å². The van der Waals surface area contributed by atoms with Crippen LogP contribution in [0.15, 0.2) is 18.3 Å². The van der Waals surface area contributed by atoms with Gasteiger partial charge in [-0.3, -0.25) is 16.3 Å². The minimum Gasteiger partial charge on any atom is -0.271 e. The van der Waals surface area contributed by atoms with Crippen LogP contribution < -0.4 is 11.3 Å². The van der Waals surface area contributed by atoms with Crippen LogP contribution in [0.1, 0.15) is 50.3 Å². The summed E-state index contributed by atoms with van der Waals surface area (Å²) in [6, 6.07) is 3.97. The fourth-order valence-electron chi connectivity index (χ4n) is 2.62. The summed E-state index contributed by atoms with van der Waals surface area (Å²) in [6.45, 7) is 0. The molecule has 0 spiro atoms. The predicted molar refractivity (Wildman–Crippen MR) is 70.5 cm³/mol. The molecule has 3 nitrogen and oxygen atoms in total. The van der Waals surface area contributed by atoms with Gasteiger partial charge in [0.05, 0.1) is 16.8 Å². The largest absolute Gasteiger partial charge is 0.271 e. The molecule has 0 bridgehead atoms. The Bertz CT molecular complexity index is 333. The van der Waals surface area contributed by atoms with E-state index in [4.69, 9.17) is 17.4 Å². The number of nitrogens with zero attached hydrogens (tertiary/aromatic N) is 1.